The molecule has 2 heterocycles. The number of aromatic nitrogens is 1. The summed E-state index contributed by atoms with van der Waals surface area (Å²) in [6.45, 7) is 5.00. The second-order valence-corrected chi connectivity index (χ2v) is 7.05. The van der Waals surface area contributed by atoms with Gasteiger partial charge in [-0.25, -0.2) is 4.98 Å². The van der Waals surface area contributed by atoms with E-state index in [9.17, 15) is 18.0 Å². The number of pyridine rings is 1. The van der Waals surface area contributed by atoms with Crippen LogP contribution in [0.1, 0.15) is 24.5 Å². The second-order valence-electron chi connectivity index (χ2n) is 7.05. The first-order valence-electron chi connectivity index (χ1n) is 9.72. The summed E-state index contributed by atoms with van der Waals surface area (Å²) in [5, 5.41) is 3.00. The number of anilines is 1. The Morgan fingerprint density at radius 2 is 1.79 bits per heavy atom. The minimum atomic E-state index is -4.38. The predicted octanol–water partition coefficient (Wildman–Crippen LogP) is 3.32. The van der Waals surface area contributed by atoms with Gasteiger partial charge in [0.1, 0.15) is 5.82 Å². The molecule has 0 saturated carbocycles. The van der Waals surface area contributed by atoms with E-state index in [-0.39, 0.29) is 11.9 Å². The highest BCUT2D eigenvalue weighted by molar-refractivity contribution is 5.81. The molecule has 1 aromatic carbocycles. The molecule has 29 heavy (non-hydrogen) atoms. The van der Waals surface area contributed by atoms with Gasteiger partial charge >= 0.3 is 6.18 Å². The Hall–Kier alpha value is -2.61. The molecule has 2 aromatic rings. The van der Waals surface area contributed by atoms with Crippen LogP contribution in [0, 0.1) is 0 Å². The van der Waals surface area contributed by atoms with Crippen molar-refractivity contribution in [1.82, 2.24) is 15.2 Å². The lowest BCUT2D eigenvalue weighted by atomic mass is 10.1. The van der Waals surface area contributed by atoms with Crippen molar-refractivity contribution >= 4 is 11.7 Å². The Morgan fingerprint density at radius 1 is 1.10 bits per heavy atom. The van der Waals surface area contributed by atoms with Crippen LogP contribution in [0.2, 0.25) is 0 Å². The van der Waals surface area contributed by atoms with Gasteiger partial charge in [0.25, 0.3) is 0 Å². The molecule has 3 rings (SSSR count). The zero-order valence-corrected chi connectivity index (χ0v) is 16.3. The van der Waals surface area contributed by atoms with E-state index in [1.54, 1.807) is 0 Å². The van der Waals surface area contributed by atoms with Gasteiger partial charge in [0.2, 0.25) is 5.91 Å². The lowest BCUT2D eigenvalue weighted by Crippen LogP contribution is -2.54. The van der Waals surface area contributed by atoms with E-state index in [4.69, 9.17) is 0 Å². The maximum atomic E-state index is 12.7. The molecule has 0 spiro atoms. The molecule has 1 unspecified atom stereocenters. The fourth-order valence-corrected chi connectivity index (χ4v) is 3.52. The van der Waals surface area contributed by atoms with Gasteiger partial charge in [0.05, 0.1) is 11.6 Å². The number of amides is 1. The summed E-state index contributed by atoms with van der Waals surface area (Å²) in [4.78, 5) is 20.7. The van der Waals surface area contributed by atoms with Crippen LogP contribution in [0.4, 0.5) is 19.0 Å². The van der Waals surface area contributed by atoms with Gasteiger partial charge in [-0.05, 0) is 24.1 Å². The van der Waals surface area contributed by atoms with Crippen molar-refractivity contribution in [3.63, 3.8) is 0 Å². The summed E-state index contributed by atoms with van der Waals surface area (Å²) in [7, 11) is 0. The number of benzene rings is 1. The summed E-state index contributed by atoms with van der Waals surface area (Å²) in [6.07, 6.45) is -2.82. The number of carbonyl (C=O) groups is 1. The van der Waals surface area contributed by atoms with Gasteiger partial charge < -0.3 is 10.2 Å². The summed E-state index contributed by atoms with van der Waals surface area (Å²) in [5.41, 5.74) is 0.301. The molecule has 0 radical (unpaired) electrons. The summed E-state index contributed by atoms with van der Waals surface area (Å²) in [5.74, 6) is 0.525. The SMILES string of the molecule is CCC(C(=O)NCc1ccccc1)N1CCN(c2ccc(C(F)(F)F)cn2)CC1. The molecule has 0 aliphatic carbocycles. The minimum Gasteiger partial charge on any atom is -0.354 e. The van der Waals surface area contributed by atoms with Crippen molar-refractivity contribution in [2.75, 3.05) is 31.1 Å². The molecule has 1 saturated heterocycles. The highest BCUT2D eigenvalue weighted by Crippen LogP contribution is 2.29. The second kappa shape index (κ2) is 9.26. The molecule has 156 valence electrons. The Balaban J connectivity index is 1.53. The van der Waals surface area contributed by atoms with Gasteiger partial charge in [-0.15, -0.1) is 0 Å². The highest BCUT2D eigenvalue weighted by atomic mass is 19.4. The van der Waals surface area contributed by atoms with Crippen molar-refractivity contribution in [3.05, 3.63) is 59.8 Å². The van der Waals surface area contributed by atoms with Crippen LogP contribution in [0.5, 0.6) is 0 Å². The first-order valence-corrected chi connectivity index (χ1v) is 9.72. The Kier molecular flexibility index (Phi) is 6.74. The quantitative estimate of drug-likeness (QED) is 0.800. The molecule has 1 amide bonds. The summed E-state index contributed by atoms with van der Waals surface area (Å²) in [6, 6.07) is 12.0. The summed E-state index contributed by atoms with van der Waals surface area (Å²) >= 11 is 0. The number of piperazine rings is 1. The molecule has 1 atom stereocenters. The predicted molar refractivity (Wildman–Crippen MR) is 105 cm³/mol. The molecule has 1 N–H and O–H groups in total. The summed E-state index contributed by atoms with van der Waals surface area (Å²) < 4.78 is 38.1. The highest BCUT2D eigenvalue weighted by Gasteiger charge is 2.31. The molecule has 1 aromatic heterocycles. The van der Waals surface area contributed by atoms with Crippen molar-refractivity contribution in [2.24, 2.45) is 0 Å². The third-order valence-electron chi connectivity index (χ3n) is 5.15. The molecule has 0 bridgehead atoms. The fourth-order valence-electron chi connectivity index (χ4n) is 3.52. The average Bonchev–Trinajstić information content (AvgIpc) is 2.73. The molecule has 1 aliphatic heterocycles. The average molecular weight is 406 g/mol. The number of alkyl halides is 3. The van der Waals surface area contributed by atoms with E-state index in [0.717, 1.165) is 17.8 Å². The molecular weight excluding hydrogens is 381 g/mol. The maximum Gasteiger partial charge on any atom is 0.417 e. The zero-order valence-electron chi connectivity index (χ0n) is 16.3. The van der Waals surface area contributed by atoms with Crippen LogP contribution in [0.3, 0.4) is 0 Å². The van der Waals surface area contributed by atoms with Crippen LogP contribution in [-0.4, -0.2) is 48.0 Å². The molecule has 8 heteroatoms. The van der Waals surface area contributed by atoms with Crippen LogP contribution in [0.25, 0.3) is 0 Å². The number of hydrogen-bond acceptors (Lipinski definition) is 4. The lowest BCUT2D eigenvalue weighted by molar-refractivity contribution is -0.137. The topological polar surface area (TPSA) is 48.5 Å². The lowest BCUT2D eigenvalue weighted by Gasteiger charge is -2.38. The smallest absolute Gasteiger partial charge is 0.354 e. The Bertz CT molecular complexity index is 788. The number of rotatable bonds is 6. The van der Waals surface area contributed by atoms with E-state index in [2.05, 4.69) is 15.2 Å². The zero-order chi connectivity index (χ0) is 20.9. The Labute approximate surface area is 168 Å². The monoisotopic (exact) mass is 406 g/mol. The van der Waals surface area contributed by atoms with Crippen LogP contribution >= 0.6 is 0 Å². The number of carbonyl (C=O) groups excluding carboxylic acids is 1. The van der Waals surface area contributed by atoms with Gasteiger partial charge in [-0.3, -0.25) is 9.69 Å². The molecule has 1 aliphatic rings. The van der Waals surface area contributed by atoms with E-state index < -0.39 is 11.7 Å². The van der Waals surface area contributed by atoms with Crippen LogP contribution < -0.4 is 10.2 Å². The largest absolute Gasteiger partial charge is 0.417 e. The van der Waals surface area contributed by atoms with E-state index in [0.29, 0.717) is 45.0 Å². The standard InChI is InChI=1S/C21H25F3N4O/c1-2-18(20(29)26-14-16-6-4-3-5-7-16)27-10-12-28(13-11-27)19-9-8-17(15-25-19)21(22,23)24/h3-9,15,18H,2,10-14H2,1H3,(H,26,29). The van der Waals surface area contributed by atoms with E-state index >= 15 is 0 Å². The number of hydrogen-bond donors (Lipinski definition) is 1. The number of halogens is 3. The number of nitrogens with one attached hydrogen (secondary N) is 1. The maximum absolute atomic E-state index is 12.7. The van der Waals surface area contributed by atoms with Gasteiger partial charge in [0.15, 0.2) is 0 Å². The van der Waals surface area contributed by atoms with Crippen molar-refractivity contribution in [1.29, 1.82) is 0 Å². The van der Waals surface area contributed by atoms with Gasteiger partial charge in [-0.1, -0.05) is 37.3 Å². The van der Waals surface area contributed by atoms with Gasteiger partial charge in [0, 0.05) is 38.9 Å². The molecular formula is C21H25F3N4O. The first-order chi connectivity index (χ1) is 13.9. The fraction of sp³-hybridized carbons (Fsp3) is 0.429. The van der Waals surface area contributed by atoms with Crippen molar-refractivity contribution in [2.45, 2.75) is 32.1 Å². The van der Waals surface area contributed by atoms with Crippen LogP contribution in [-0.2, 0) is 17.5 Å². The number of nitrogens with zero attached hydrogens (tertiary/aromatic N) is 3. The Morgan fingerprint density at radius 3 is 2.34 bits per heavy atom. The molecule has 1 fully saturated rings. The van der Waals surface area contributed by atoms with Crippen molar-refractivity contribution in [3.8, 4) is 0 Å². The third kappa shape index (κ3) is 5.47. The van der Waals surface area contributed by atoms with Crippen LogP contribution in [0.15, 0.2) is 48.7 Å². The van der Waals surface area contributed by atoms with Gasteiger partial charge in [-0.2, -0.15) is 13.2 Å². The first kappa shape index (κ1) is 21.1. The van der Waals surface area contributed by atoms with E-state index in [1.165, 1.54) is 6.07 Å². The minimum absolute atomic E-state index is 0.00235. The molecule has 5 nitrogen and oxygen atoms in total. The van der Waals surface area contributed by atoms with E-state index in [1.807, 2.05) is 42.2 Å². The van der Waals surface area contributed by atoms with Crippen molar-refractivity contribution < 1.29 is 18.0 Å². The third-order valence-corrected chi connectivity index (χ3v) is 5.15. The normalized spacial score (nSPS) is 16.5.